The van der Waals surface area contributed by atoms with Gasteiger partial charge in [0.1, 0.15) is 5.82 Å². The Morgan fingerprint density at radius 2 is 1.93 bits per heavy atom. The first kappa shape index (κ1) is 20.9. The predicted octanol–water partition coefficient (Wildman–Crippen LogP) is 4.58. The van der Waals surface area contributed by atoms with Crippen LogP contribution < -0.4 is 10.2 Å². The topological polar surface area (TPSA) is 73.9 Å². The van der Waals surface area contributed by atoms with Crippen LogP contribution in [-0.2, 0) is 4.79 Å². The van der Waals surface area contributed by atoms with E-state index in [-0.39, 0.29) is 17.5 Å². The van der Waals surface area contributed by atoms with Crippen molar-refractivity contribution in [1.29, 1.82) is 0 Å². The number of amides is 1. The molecule has 0 radical (unpaired) electrons. The molecule has 0 unspecified atom stereocenters. The molecule has 0 fully saturated rings. The van der Waals surface area contributed by atoms with E-state index in [4.69, 9.17) is 0 Å². The average molecular weight is 414 g/mol. The Kier molecular flexibility index (Phi) is 6.87. The Labute approximate surface area is 173 Å². The highest BCUT2D eigenvalue weighted by atomic mass is 32.2. The van der Waals surface area contributed by atoms with Gasteiger partial charge < -0.3 is 10.2 Å². The van der Waals surface area contributed by atoms with Crippen LogP contribution >= 0.6 is 11.8 Å². The van der Waals surface area contributed by atoms with Gasteiger partial charge in [-0.15, -0.1) is 5.10 Å². The summed E-state index contributed by atoms with van der Waals surface area (Å²) >= 11 is 1.19. The second kappa shape index (κ2) is 9.56. The van der Waals surface area contributed by atoms with Crippen molar-refractivity contribution in [1.82, 2.24) is 15.2 Å². The number of hydrogen-bond donors (Lipinski definition) is 2. The first-order chi connectivity index (χ1) is 14.0. The fourth-order valence-corrected chi connectivity index (χ4v) is 3.59. The largest absolute Gasteiger partial charge is 0.369 e. The molecule has 0 aliphatic heterocycles. The van der Waals surface area contributed by atoms with Gasteiger partial charge in [-0.3, -0.25) is 9.89 Å². The molecule has 0 saturated carbocycles. The van der Waals surface area contributed by atoms with Crippen molar-refractivity contribution in [3.05, 3.63) is 54.3 Å². The zero-order valence-corrected chi connectivity index (χ0v) is 17.5. The SMILES string of the molecule is CCN(c1ccc(NC(=O)CSc2n[nH]c(-c3ccccc3F)n2)cc1)C(C)C. The molecule has 29 heavy (non-hydrogen) atoms. The van der Waals surface area contributed by atoms with Crippen LogP contribution in [0.1, 0.15) is 20.8 Å². The number of H-pyrrole nitrogens is 1. The number of aromatic amines is 1. The quantitative estimate of drug-likeness (QED) is 0.529. The molecule has 3 aromatic rings. The summed E-state index contributed by atoms with van der Waals surface area (Å²) in [6, 6.07) is 14.5. The van der Waals surface area contributed by atoms with Crippen LogP contribution in [0.5, 0.6) is 0 Å². The number of hydrogen-bond acceptors (Lipinski definition) is 5. The Morgan fingerprint density at radius 3 is 2.59 bits per heavy atom. The van der Waals surface area contributed by atoms with Crippen LogP contribution in [0.4, 0.5) is 15.8 Å². The number of rotatable bonds is 8. The second-order valence-electron chi connectivity index (χ2n) is 6.71. The van der Waals surface area contributed by atoms with Gasteiger partial charge in [0.25, 0.3) is 0 Å². The van der Waals surface area contributed by atoms with Crippen LogP contribution in [0.25, 0.3) is 11.4 Å². The van der Waals surface area contributed by atoms with Gasteiger partial charge in [0, 0.05) is 24.0 Å². The molecule has 2 aromatic carbocycles. The number of benzene rings is 2. The number of nitrogens with one attached hydrogen (secondary N) is 2. The summed E-state index contributed by atoms with van der Waals surface area (Å²) in [7, 11) is 0. The molecule has 1 amide bonds. The maximum Gasteiger partial charge on any atom is 0.234 e. The van der Waals surface area contributed by atoms with Gasteiger partial charge >= 0.3 is 0 Å². The van der Waals surface area contributed by atoms with E-state index in [1.165, 1.54) is 17.8 Å². The molecule has 0 spiro atoms. The Balaban J connectivity index is 1.55. The third-order valence-electron chi connectivity index (χ3n) is 4.37. The molecule has 8 heteroatoms. The highest BCUT2D eigenvalue weighted by Crippen LogP contribution is 2.23. The summed E-state index contributed by atoms with van der Waals surface area (Å²) in [5.41, 5.74) is 2.20. The van der Waals surface area contributed by atoms with E-state index in [2.05, 4.69) is 46.2 Å². The standard InChI is InChI=1S/C21H24FN5OS/c1-4-27(14(2)3)16-11-9-15(10-12-16)23-19(28)13-29-21-24-20(25-26-21)17-7-5-6-8-18(17)22/h5-12,14H,4,13H2,1-3H3,(H,23,28)(H,24,25,26). The van der Waals surface area contributed by atoms with Crippen molar-refractivity contribution in [3.8, 4) is 11.4 Å². The minimum atomic E-state index is -0.375. The summed E-state index contributed by atoms with van der Waals surface area (Å²) in [6.45, 7) is 7.34. The molecule has 0 aliphatic rings. The van der Waals surface area contributed by atoms with E-state index in [0.29, 0.717) is 22.6 Å². The summed E-state index contributed by atoms with van der Waals surface area (Å²) < 4.78 is 13.8. The third-order valence-corrected chi connectivity index (χ3v) is 5.22. The van der Waals surface area contributed by atoms with Crippen molar-refractivity contribution in [2.45, 2.75) is 32.0 Å². The normalized spacial score (nSPS) is 10.9. The Hall–Kier alpha value is -2.87. The molecule has 0 saturated heterocycles. The summed E-state index contributed by atoms with van der Waals surface area (Å²) in [6.07, 6.45) is 0. The van der Waals surface area contributed by atoms with Crippen LogP contribution in [0.15, 0.2) is 53.7 Å². The number of nitrogens with zero attached hydrogens (tertiary/aromatic N) is 3. The fourth-order valence-electron chi connectivity index (χ4n) is 2.99. The number of anilines is 2. The first-order valence-corrected chi connectivity index (χ1v) is 10.4. The number of carbonyl (C=O) groups is 1. The molecule has 0 atom stereocenters. The number of halogens is 1. The monoisotopic (exact) mass is 413 g/mol. The minimum absolute atomic E-state index is 0.156. The van der Waals surface area contributed by atoms with Crippen LogP contribution in [0, 0.1) is 5.82 Å². The van der Waals surface area contributed by atoms with Gasteiger partial charge in [-0.25, -0.2) is 9.37 Å². The maximum atomic E-state index is 13.8. The van der Waals surface area contributed by atoms with E-state index in [1.807, 2.05) is 24.3 Å². The highest BCUT2D eigenvalue weighted by molar-refractivity contribution is 7.99. The highest BCUT2D eigenvalue weighted by Gasteiger charge is 2.12. The molecule has 3 rings (SSSR count). The molecule has 6 nitrogen and oxygen atoms in total. The van der Waals surface area contributed by atoms with Crippen LogP contribution in [0.3, 0.4) is 0 Å². The van der Waals surface area contributed by atoms with Crippen molar-refractivity contribution < 1.29 is 9.18 Å². The molecule has 1 heterocycles. The number of thioether (sulfide) groups is 1. The molecule has 2 N–H and O–H groups in total. The predicted molar refractivity (Wildman–Crippen MR) is 116 cm³/mol. The van der Waals surface area contributed by atoms with Crippen molar-refractivity contribution in [3.63, 3.8) is 0 Å². The van der Waals surface area contributed by atoms with Gasteiger partial charge in [0.2, 0.25) is 11.1 Å². The van der Waals surface area contributed by atoms with E-state index in [1.54, 1.807) is 18.2 Å². The lowest BCUT2D eigenvalue weighted by molar-refractivity contribution is -0.113. The lowest BCUT2D eigenvalue weighted by atomic mass is 10.2. The summed E-state index contributed by atoms with van der Waals surface area (Å²) in [5.74, 6) is -0.0347. The van der Waals surface area contributed by atoms with E-state index < -0.39 is 0 Å². The van der Waals surface area contributed by atoms with Gasteiger partial charge in [-0.1, -0.05) is 23.9 Å². The zero-order valence-electron chi connectivity index (χ0n) is 16.6. The fraction of sp³-hybridized carbons (Fsp3) is 0.286. The number of aromatic nitrogens is 3. The van der Waals surface area contributed by atoms with Crippen molar-refractivity contribution >= 4 is 29.0 Å². The lowest BCUT2D eigenvalue weighted by Gasteiger charge is -2.27. The minimum Gasteiger partial charge on any atom is -0.369 e. The smallest absolute Gasteiger partial charge is 0.234 e. The Bertz CT molecular complexity index is 958. The second-order valence-corrected chi connectivity index (χ2v) is 7.65. The van der Waals surface area contributed by atoms with Gasteiger partial charge in [-0.05, 0) is 57.2 Å². The van der Waals surface area contributed by atoms with E-state index >= 15 is 0 Å². The zero-order chi connectivity index (χ0) is 20.8. The van der Waals surface area contributed by atoms with Crippen molar-refractivity contribution in [2.24, 2.45) is 0 Å². The van der Waals surface area contributed by atoms with Crippen LogP contribution in [0.2, 0.25) is 0 Å². The van der Waals surface area contributed by atoms with Crippen molar-refractivity contribution in [2.75, 3.05) is 22.5 Å². The Morgan fingerprint density at radius 1 is 1.21 bits per heavy atom. The van der Waals surface area contributed by atoms with Gasteiger partial charge in [0.05, 0.1) is 11.3 Å². The van der Waals surface area contributed by atoms with E-state index in [0.717, 1.165) is 17.9 Å². The molecular formula is C21H24FN5OS. The molecule has 1 aromatic heterocycles. The van der Waals surface area contributed by atoms with Gasteiger partial charge in [-0.2, -0.15) is 0 Å². The average Bonchev–Trinajstić information content (AvgIpc) is 3.17. The maximum absolute atomic E-state index is 13.8. The molecular weight excluding hydrogens is 389 g/mol. The molecule has 152 valence electrons. The molecule has 0 bridgehead atoms. The van der Waals surface area contributed by atoms with Crippen LogP contribution in [-0.4, -0.2) is 39.4 Å². The summed E-state index contributed by atoms with van der Waals surface area (Å²) in [4.78, 5) is 18.8. The van der Waals surface area contributed by atoms with Gasteiger partial charge in [0.15, 0.2) is 5.82 Å². The lowest BCUT2D eigenvalue weighted by Crippen LogP contribution is -2.30. The summed E-state index contributed by atoms with van der Waals surface area (Å²) in [5, 5.41) is 10.0. The first-order valence-electron chi connectivity index (χ1n) is 9.44. The van der Waals surface area contributed by atoms with E-state index in [9.17, 15) is 9.18 Å². The third kappa shape index (κ3) is 5.35. The number of carbonyl (C=O) groups excluding carboxylic acids is 1. The molecule has 0 aliphatic carbocycles.